The molecule has 0 saturated carbocycles. The van der Waals surface area contributed by atoms with E-state index in [4.69, 9.17) is 0 Å². The van der Waals surface area contributed by atoms with Gasteiger partial charge in [0, 0.05) is 24.8 Å². The number of rotatable bonds is 9. The van der Waals surface area contributed by atoms with Crippen molar-refractivity contribution in [3.8, 4) is 5.75 Å². The van der Waals surface area contributed by atoms with Gasteiger partial charge in [0.25, 0.3) is 0 Å². The van der Waals surface area contributed by atoms with Gasteiger partial charge in [-0.05, 0) is 48.7 Å². The molecule has 6 nitrogen and oxygen atoms in total. The van der Waals surface area contributed by atoms with Crippen molar-refractivity contribution in [2.45, 2.75) is 26.9 Å². The highest BCUT2D eigenvalue weighted by atomic mass is 19.3. The molecule has 0 bridgehead atoms. The van der Waals surface area contributed by atoms with Crippen molar-refractivity contribution in [2.24, 2.45) is 0 Å². The number of benzene rings is 2. The Morgan fingerprint density at radius 1 is 1.07 bits per heavy atom. The molecule has 0 atom stereocenters. The van der Waals surface area contributed by atoms with Crippen LogP contribution >= 0.6 is 0 Å². The van der Waals surface area contributed by atoms with E-state index >= 15 is 0 Å². The summed E-state index contributed by atoms with van der Waals surface area (Å²) < 4.78 is 28.5. The van der Waals surface area contributed by atoms with Gasteiger partial charge >= 0.3 is 6.61 Å². The Labute approximate surface area is 162 Å². The summed E-state index contributed by atoms with van der Waals surface area (Å²) in [5.74, 6) is -0.238. The van der Waals surface area contributed by atoms with Gasteiger partial charge in [0.2, 0.25) is 11.8 Å². The van der Waals surface area contributed by atoms with Crippen LogP contribution in [0.2, 0.25) is 0 Å². The van der Waals surface area contributed by atoms with Crippen molar-refractivity contribution < 1.29 is 23.1 Å². The molecule has 0 saturated heterocycles. The number of carbonyl (C=O) groups is 2. The second-order valence-corrected chi connectivity index (χ2v) is 6.14. The summed E-state index contributed by atoms with van der Waals surface area (Å²) in [4.78, 5) is 23.2. The highest BCUT2D eigenvalue weighted by Crippen LogP contribution is 2.23. The van der Waals surface area contributed by atoms with Gasteiger partial charge in [-0.3, -0.25) is 9.59 Å². The molecule has 0 aliphatic rings. The zero-order chi connectivity index (χ0) is 20.5. The summed E-state index contributed by atoms with van der Waals surface area (Å²) in [6.07, 6.45) is 0.567. The number of carbonyl (C=O) groups excluding carboxylic acids is 2. The molecule has 2 amide bonds. The van der Waals surface area contributed by atoms with Crippen molar-refractivity contribution in [3.05, 3.63) is 53.6 Å². The minimum Gasteiger partial charge on any atom is -0.435 e. The predicted molar refractivity (Wildman–Crippen MR) is 104 cm³/mol. The molecule has 0 radical (unpaired) electrons. The van der Waals surface area contributed by atoms with E-state index in [1.165, 1.54) is 19.1 Å². The predicted octanol–water partition coefficient (Wildman–Crippen LogP) is 3.33. The average molecular weight is 391 g/mol. The second-order valence-electron chi connectivity index (χ2n) is 6.14. The molecular weight excluding hydrogens is 368 g/mol. The van der Waals surface area contributed by atoms with E-state index in [0.717, 1.165) is 16.8 Å². The monoisotopic (exact) mass is 391 g/mol. The van der Waals surface area contributed by atoms with E-state index in [1.807, 2.05) is 13.0 Å². The van der Waals surface area contributed by atoms with Gasteiger partial charge in [0.15, 0.2) is 0 Å². The van der Waals surface area contributed by atoms with E-state index < -0.39 is 6.61 Å². The Morgan fingerprint density at radius 2 is 1.75 bits per heavy atom. The number of hydrogen-bond acceptors (Lipinski definition) is 4. The Hall–Kier alpha value is -3.16. The number of nitrogens with one attached hydrogen (secondary N) is 3. The minimum atomic E-state index is -2.85. The van der Waals surface area contributed by atoms with Crippen LogP contribution in [0.5, 0.6) is 5.75 Å². The third kappa shape index (κ3) is 6.86. The van der Waals surface area contributed by atoms with Gasteiger partial charge < -0.3 is 20.7 Å². The fourth-order valence-electron chi connectivity index (χ4n) is 2.57. The van der Waals surface area contributed by atoms with Crippen LogP contribution in [0.15, 0.2) is 42.5 Å². The molecule has 0 heterocycles. The van der Waals surface area contributed by atoms with E-state index in [-0.39, 0.29) is 24.1 Å². The highest BCUT2D eigenvalue weighted by molar-refractivity contribution is 5.91. The van der Waals surface area contributed by atoms with Crippen molar-refractivity contribution in [3.63, 3.8) is 0 Å². The number of hydrogen-bond donors (Lipinski definition) is 3. The van der Waals surface area contributed by atoms with Gasteiger partial charge in [-0.15, -0.1) is 0 Å². The maximum Gasteiger partial charge on any atom is 0.387 e. The fraction of sp³-hybridized carbons (Fsp3) is 0.300. The summed E-state index contributed by atoms with van der Waals surface area (Å²) in [7, 11) is 0. The first-order valence-electron chi connectivity index (χ1n) is 8.76. The molecular formula is C20H23F2N3O3. The quantitative estimate of drug-likeness (QED) is 0.613. The Bertz CT molecular complexity index is 811. The van der Waals surface area contributed by atoms with Crippen LogP contribution in [0.1, 0.15) is 18.1 Å². The first-order chi connectivity index (χ1) is 13.3. The summed E-state index contributed by atoms with van der Waals surface area (Å²) in [5.41, 5.74) is 3.19. The third-order valence-corrected chi connectivity index (χ3v) is 3.97. The number of amides is 2. The molecule has 2 aromatic carbocycles. The molecule has 0 aromatic heterocycles. The lowest BCUT2D eigenvalue weighted by molar-refractivity contribution is -0.119. The van der Waals surface area contributed by atoms with Crippen LogP contribution in [0.3, 0.4) is 0 Å². The van der Waals surface area contributed by atoms with Crippen molar-refractivity contribution in [1.82, 2.24) is 5.32 Å². The highest BCUT2D eigenvalue weighted by Gasteiger charge is 2.07. The molecule has 28 heavy (non-hydrogen) atoms. The molecule has 3 N–H and O–H groups in total. The van der Waals surface area contributed by atoms with Gasteiger partial charge in [-0.1, -0.05) is 18.2 Å². The lowest BCUT2D eigenvalue weighted by atomic mass is 10.1. The van der Waals surface area contributed by atoms with E-state index in [0.29, 0.717) is 18.7 Å². The first kappa shape index (κ1) is 21.1. The minimum absolute atomic E-state index is 0.0888. The zero-order valence-corrected chi connectivity index (χ0v) is 15.7. The number of ether oxygens (including phenoxy) is 1. The molecule has 0 spiro atoms. The Morgan fingerprint density at radius 3 is 2.39 bits per heavy atom. The smallest absolute Gasteiger partial charge is 0.387 e. The van der Waals surface area contributed by atoms with Gasteiger partial charge in [0.1, 0.15) is 5.75 Å². The summed E-state index contributed by atoms with van der Waals surface area (Å²) in [6.45, 7) is 0.950. The normalized spacial score (nSPS) is 10.5. The Balaban J connectivity index is 1.76. The van der Waals surface area contributed by atoms with Crippen LogP contribution in [0.25, 0.3) is 0 Å². The van der Waals surface area contributed by atoms with Crippen LogP contribution in [0, 0.1) is 6.92 Å². The molecule has 8 heteroatoms. The lowest BCUT2D eigenvalue weighted by Gasteiger charge is -2.13. The van der Waals surface area contributed by atoms with Crippen LogP contribution in [-0.4, -0.2) is 31.5 Å². The van der Waals surface area contributed by atoms with Gasteiger partial charge in [0.05, 0.1) is 6.54 Å². The lowest BCUT2D eigenvalue weighted by Crippen LogP contribution is -2.31. The SMILES string of the molecule is CC(=O)Nc1cccc(NCC(=O)NCCc2ccc(OC(F)F)cc2)c1C. The maximum atomic E-state index is 12.1. The molecule has 2 aromatic rings. The standard InChI is InChI=1S/C20H23F2N3O3/c1-13-17(4-3-5-18(13)25-14(2)26)24-12-19(27)23-11-10-15-6-8-16(9-7-15)28-20(21)22/h3-9,20,24H,10-12H2,1-2H3,(H,23,27)(H,25,26). The molecule has 0 aliphatic heterocycles. The van der Waals surface area contributed by atoms with Crippen molar-refractivity contribution in [2.75, 3.05) is 23.7 Å². The molecule has 0 aliphatic carbocycles. The van der Waals surface area contributed by atoms with Crippen LogP contribution < -0.4 is 20.7 Å². The maximum absolute atomic E-state index is 12.1. The number of alkyl halides is 2. The topological polar surface area (TPSA) is 79.5 Å². The number of halogens is 2. The second kappa shape index (κ2) is 10.2. The van der Waals surface area contributed by atoms with E-state index in [9.17, 15) is 18.4 Å². The largest absolute Gasteiger partial charge is 0.435 e. The summed E-state index contributed by atoms with van der Waals surface area (Å²) in [6, 6.07) is 11.7. The van der Waals surface area contributed by atoms with Crippen molar-refractivity contribution >= 4 is 23.2 Å². The number of anilines is 2. The average Bonchev–Trinajstić information content (AvgIpc) is 2.63. The third-order valence-electron chi connectivity index (χ3n) is 3.97. The summed E-state index contributed by atoms with van der Waals surface area (Å²) >= 11 is 0. The molecule has 150 valence electrons. The Kier molecular flexibility index (Phi) is 7.74. The van der Waals surface area contributed by atoms with Crippen LogP contribution in [-0.2, 0) is 16.0 Å². The van der Waals surface area contributed by atoms with Gasteiger partial charge in [-0.25, -0.2) is 0 Å². The fourth-order valence-corrected chi connectivity index (χ4v) is 2.57. The first-order valence-corrected chi connectivity index (χ1v) is 8.76. The molecule has 0 fully saturated rings. The summed E-state index contributed by atoms with van der Waals surface area (Å²) in [5, 5.41) is 8.58. The van der Waals surface area contributed by atoms with Crippen molar-refractivity contribution in [1.29, 1.82) is 0 Å². The molecule has 2 rings (SSSR count). The van der Waals surface area contributed by atoms with Crippen LogP contribution in [0.4, 0.5) is 20.2 Å². The zero-order valence-electron chi connectivity index (χ0n) is 15.7. The molecule has 0 unspecified atom stereocenters. The van der Waals surface area contributed by atoms with E-state index in [2.05, 4.69) is 20.7 Å². The van der Waals surface area contributed by atoms with Gasteiger partial charge in [-0.2, -0.15) is 8.78 Å². The van der Waals surface area contributed by atoms with E-state index in [1.54, 1.807) is 24.3 Å².